The van der Waals surface area contributed by atoms with Gasteiger partial charge in [-0.1, -0.05) is 30.3 Å². The Hall–Kier alpha value is -4.03. The summed E-state index contributed by atoms with van der Waals surface area (Å²) in [4.78, 5) is 15.0. The van der Waals surface area contributed by atoms with E-state index in [1.54, 1.807) is 43.4 Å². The fraction of sp³-hybridized carbons (Fsp3) is 0.0952. The minimum atomic E-state index is -1.09. The molecule has 0 saturated carbocycles. The minimum Gasteiger partial charge on any atom is -0.489 e. The molecule has 6 nitrogen and oxygen atoms in total. The summed E-state index contributed by atoms with van der Waals surface area (Å²) in [6, 6.07) is 16.2. The van der Waals surface area contributed by atoms with Gasteiger partial charge in [-0.15, -0.1) is 0 Å². The van der Waals surface area contributed by atoms with Crippen LogP contribution < -0.4 is 4.74 Å². The summed E-state index contributed by atoms with van der Waals surface area (Å²) in [7, 11) is 1.60. The molecule has 0 spiro atoms. The fourth-order valence-electron chi connectivity index (χ4n) is 2.87. The number of nitriles is 1. The number of carboxylic acids is 1. The number of hydrogen-bond acceptors (Lipinski definition) is 3. The van der Waals surface area contributed by atoms with Crippen LogP contribution in [0, 0.1) is 17.9 Å². The zero-order valence-corrected chi connectivity index (χ0v) is 14.5. The van der Waals surface area contributed by atoms with Crippen LogP contribution in [-0.2, 0) is 13.7 Å². The molecule has 0 saturated heterocycles. The Morgan fingerprint density at radius 3 is 2.59 bits per heavy atom. The van der Waals surface area contributed by atoms with Crippen molar-refractivity contribution in [2.75, 3.05) is 0 Å². The minimum absolute atomic E-state index is 0.0672. The van der Waals surface area contributed by atoms with Gasteiger partial charge in [0, 0.05) is 24.4 Å². The van der Waals surface area contributed by atoms with Gasteiger partial charge in [0.05, 0.1) is 18.2 Å². The molecule has 1 N–H and O–H groups in total. The molecule has 3 aromatic rings. The topological polar surface area (TPSA) is 79.6 Å². The molecule has 0 unspecified atom stereocenters. The maximum absolute atomic E-state index is 11.6. The van der Waals surface area contributed by atoms with Gasteiger partial charge in [0.15, 0.2) is 0 Å². The molecule has 0 aliphatic rings. The van der Waals surface area contributed by atoms with Crippen molar-refractivity contribution in [3.8, 4) is 22.9 Å². The Labute approximate surface area is 156 Å². The molecule has 6 heteroatoms. The number of aryl methyl sites for hydroxylation is 1. The molecule has 0 radical (unpaired) electrons. The summed E-state index contributed by atoms with van der Waals surface area (Å²) in [6.45, 7) is 7.55. The van der Waals surface area contributed by atoms with E-state index in [4.69, 9.17) is 16.6 Å². The summed E-state index contributed by atoms with van der Waals surface area (Å²) in [5, 5.41) is 18.6. The maximum atomic E-state index is 11.6. The lowest BCUT2D eigenvalue weighted by Gasteiger charge is -2.09. The van der Waals surface area contributed by atoms with E-state index in [1.165, 1.54) is 10.8 Å². The number of aromatic carboxylic acids is 1. The highest BCUT2D eigenvalue weighted by molar-refractivity contribution is 5.99. The van der Waals surface area contributed by atoms with Crippen LogP contribution in [0.25, 0.3) is 16.0 Å². The van der Waals surface area contributed by atoms with Gasteiger partial charge in [0.25, 0.3) is 0 Å². The van der Waals surface area contributed by atoms with Crippen molar-refractivity contribution in [1.29, 1.82) is 5.26 Å². The smallest absolute Gasteiger partial charge is 0.351 e. The van der Waals surface area contributed by atoms with Crippen molar-refractivity contribution in [2.24, 2.45) is 7.05 Å². The van der Waals surface area contributed by atoms with Gasteiger partial charge in [-0.05, 0) is 23.8 Å². The molecule has 2 aromatic carbocycles. The average Bonchev–Trinajstić information content (AvgIpc) is 3.03. The predicted octanol–water partition coefficient (Wildman–Crippen LogP) is 4.39. The van der Waals surface area contributed by atoms with E-state index in [1.807, 2.05) is 12.1 Å². The number of nitrogens with zero attached hydrogens (tertiary/aromatic N) is 3. The van der Waals surface area contributed by atoms with E-state index in [9.17, 15) is 9.90 Å². The highest BCUT2D eigenvalue weighted by Gasteiger charge is 2.21. The Balaban J connectivity index is 1.86. The number of hydrogen-bond donors (Lipinski definition) is 1. The molecule has 27 heavy (non-hydrogen) atoms. The van der Waals surface area contributed by atoms with Crippen LogP contribution in [0.15, 0.2) is 54.7 Å². The molecule has 132 valence electrons. The second-order valence-corrected chi connectivity index (χ2v) is 5.85. The van der Waals surface area contributed by atoms with Crippen LogP contribution >= 0.6 is 0 Å². The number of carbonyl (C=O) groups is 1. The monoisotopic (exact) mass is 357 g/mol. The number of carboxylic acid groups (broad SMARTS) is 1. The first-order chi connectivity index (χ1) is 13.0. The molecule has 0 bridgehead atoms. The third-order valence-corrected chi connectivity index (χ3v) is 4.16. The highest BCUT2D eigenvalue weighted by atomic mass is 16.5. The zero-order valence-electron chi connectivity index (χ0n) is 14.5. The summed E-state index contributed by atoms with van der Waals surface area (Å²) < 4.78 is 7.17. The zero-order chi connectivity index (χ0) is 19.4. The Morgan fingerprint density at radius 2 is 1.96 bits per heavy atom. The molecular formula is C21H15N3O3. The Bertz CT molecular complexity index is 1080. The van der Waals surface area contributed by atoms with Crippen LogP contribution in [0.1, 0.15) is 21.6 Å². The number of benzene rings is 2. The Kier molecular flexibility index (Phi) is 4.92. The van der Waals surface area contributed by atoms with E-state index >= 15 is 0 Å². The van der Waals surface area contributed by atoms with Crippen LogP contribution in [0.5, 0.6) is 5.75 Å². The lowest BCUT2D eigenvalue weighted by atomic mass is 10.0. The van der Waals surface area contributed by atoms with E-state index < -0.39 is 5.97 Å². The standard InChI is InChI=1S/C21H15N3O3/c1-23-18-12-24(2)20(21(25)26)19(18)14-7-9-17(10-8-14)27-13-16-6-4-3-5-15(16)11-22/h3-10,12H,13H2,2H3,(H,25,26). The summed E-state index contributed by atoms with van der Waals surface area (Å²) >= 11 is 0. The predicted molar refractivity (Wildman–Crippen MR) is 99.6 cm³/mol. The number of ether oxygens (including phenoxy) is 1. The van der Waals surface area contributed by atoms with E-state index in [0.717, 1.165) is 5.56 Å². The first-order valence-corrected chi connectivity index (χ1v) is 8.06. The maximum Gasteiger partial charge on any atom is 0.351 e. The summed E-state index contributed by atoms with van der Waals surface area (Å²) in [5.41, 5.74) is 2.72. The molecule has 3 rings (SSSR count). The molecule has 0 fully saturated rings. The van der Waals surface area contributed by atoms with Gasteiger partial charge >= 0.3 is 5.97 Å². The first-order valence-electron chi connectivity index (χ1n) is 8.06. The van der Waals surface area contributed by atoms with E-state index in [2.05, 4.69) is 10.9 Å². The second kappa shape index (κ2) is 7.47. The van der Waals surface area contributed by atoms with Crippen LogP contribution in [0.2, 0.25) is 0 Å². The lowest BCUT2D eigenvalue weighted by molar-refractivity contribution is 0.0687. The van der Waals surface area contributed by atoms with Gasteiger partial charge in [-0.25, -0.2) is 9.64 Å². The highest BCUT2D eigenvalue weighted by Crippen LogP contribution is 2.36. The van der Waals surface area contributed by atoms with E-state index in [-0.39, 0.29) is 18.0 Å². The van der Waals surface area contributed by atoms with E-state index in [0.29, 0.717) is 22.4 Å². The molecule has 0 aliphatic carbocycles. The van der Waals surface area contributed by atoms with Gasteiger partial charge in [0.1, 0.15) is 18.1 Å². The van der Waals surface area contributed by atoms with Crippen molar-refractivity contribution in [3.63, 3.8) is 0 Å². The lowest BCUT2D eigenvalue weighted by Crippen LogP contribution is -2.05. The average molecular weight is 357 g/mol. The summed E-state index contributed by atoms with van der Waals surface area (Å²) in [5.74, 6) is -0.500. The molecule has 1 heterocycles. The number of rotatable bonds is 5. The molecule has 1 aromatic heterocycles. The third-order valence-electron chi connectivity index (χ3n) is 4.16. The number of aromatic nitrogens is 1. The van der Waals surface area contributed by atoms with Gasteiger partial charge in [-0.3, -0.25) is 0 Å². The largest absolute Gasteiger partial charge is 0.489 e. The molecule has 0 atom stereocenters. The molecular weight excluding hydrogens is 342 g/mol. The first kappa shape index (κ1) is 17.8. The van der Waals surface area contributed by atoms with Crippen molar-refractivity contribution in [2.45, 2.75) is 6.61 Å². The van der Waals surface area contributed by atoms with Gasteiger partial charge < -0.3 is 14.4 Å². The molecule has 0 amide bonds. The van der Waals surface area contributed by atoms with Gasteiger partial charge in [0.2, 0.25) is 5.69 Å². The van der Waals surface area contributed by atoms with Crippen molar-refractivity contribution in [1.82, 2.24) is 4.57 Å². The summed E-state index contributed by atoms with van der Waals surface area (Å²) in [6.07, 6.45) is 1.51. The van der Waals surface area contributed by atoms with Crippen molar-refractivity contribution >= 4 is 11.7 Å². The second-order valence-electron chi connectivity index (χ2n) is 5.85. The SMILES string of the molecule is [C-]#[N+]c1cn(C)c(C(=O)O)c1-c1ccc(OCc2ccccc2C#N)cc1. The van der Waals surface area contributed by atoms with Crippen molar-refractivity contribution < 1.29 is 14.6 Å². The normalized spacial score (nSPS) is 10.0. The Morgan fingerprint density at radius 1 is 1.26 bits per heavy atom. The third kappa shape index (κ3) is 3.51. The fourth-order valence-corrected chi connectivity index (χ4v) is 2.87. The molecule has 0 aliphatic heterocycles. The van der Waals surface area contributed by atoms with Crippen LogP contribution in [0.3, 0.4) is 0 Å². The quantitative estimate of drug-likeness (QED) is 0.687. The van der Waals surface area contributed by atoms with Crippen LogP contribution in [-0.4, -0.2) is 15.6 Å². The van der Waals surface area contributed by atoms with Crippen LogP contribution in [0.4, 0.5) is 5.69 Å². The van der Waals surface area contributed by atoms with Crippen molar-refractivity contribution in [3.05, 3.63) is 83.0 Å². The van der Waals surface area contributed by atoms with Gasteiger partial charge in [-0.2, -0.15) is 5.26 Å².